The van der Waals surface area contributed by atoms with Crippen LogP contribution in [-0.4, -0.2) is 18.1 Å². The number of hydrogen-bond acceptors (Lipinski definition) is 3. The number of benzene rings is 1. The van der Waals surface area contributed by atoms with Gasteiger partial charge in [-0.05, 0) is 27.6 Å². The van der Waals surface area contributed by atoms with Crippen molar-refractivity contribution < 1.29 is 9.53 Å². The summed E-state index contributed by atoms with van der Waals surface area (Å²) in [7, 11) is 1.66. The zero-order valence-corrected chi connectivity index (χ0v) is 12.0. The molecule has 1 heterocycles. The SMILES string of the molecule is CN(C(=O)OCc1ccccc1)c1ccncc1Br. The summed E-state index contributed by atoms with van der Waals surface area (Å²) in [6, 6.07) is 11.3. The van der Waals surface area contributed by atoms with E-state index in [0.717, 1.165) is 10.0 Å². The molecule has 0 N–H and O–H groups in total. The molecule has 1 aromatic carbocycles. The maximum Gasteiger partial charge on any atom is 0.414 e. The highest BCUT2D eigenvalue weighted by atomic mass is 79.9. The molecule has 0 saturated carbocycles. The van der Waals surface area contributed by atoms with Crippen molar-refractivity contribution in [3.05, 3.63) is 58.8 Å². The van der Waals surface area contributed by atoms with E-state index < -0.39 is 6.09 Å². The number of nitrogens with zero attached hydrogens (tertiary/aromatic N) is 2. The van der Waals surface area contributed by atoms with Crippen molar-refractivity contribution in [2.24, 2.45) is 0 Å². The number of halogens is 1. The molecule has 1 amide bonds. The zero-order valence-electron chi connectivity index (χ0n) is 10.4. The molecule has 98 valence electrons. The Bertz CT molecular complexity index is 560. The average Bonchev–Trinajstić information content (AvgIpc) is 2.45. The van der Waals surface area contributed by atoms with E-state index in [2.05, 4.69) is 20.9 Å². The summed E-state index contributed by atoms with van der Waals surface area (Å²) < 4.78 is 5.99. The van der Waals surface area contributed by atoms with Crippen LogP contribution in [0.15, 0.2) is 53.3 Å². The summed E-state index contributed by atoms with van der Waals surface area (Å²) >= 11 is 3.35. The van der Waals surface area contributed by atoms with E-state index in [-0.39, 0.29) is 6.61 Å². The van der Waals surface area contributed by atoms with E-state index in [1.54, 1.807) is 25.5 Å². The molecule has 2 rings (SSSR count). The number of rotatable bonds is 3. The van der Waals surface area contributed by atoms with Crippen molar-refractivity contribution in [1.29, 1.82) is 0 Å². The Morgan fingerprint density at radius 3 is 2.74 bits per heavy atom. The Morgan fingerprint density at radius 1 is 1.32 bits per heavy atom. The molecule has 0 spiro atoms. The van der Waals surface area contributed by atoms with Gasteiger partial charge in [-0.15, -0.1) is 0 Å². The van der Waals surface area contributed by atoms with Crippen molar-refractivity contribution >= 4 is 27.7 Å². The Hall–Kier alpha value is -1.88. The van der Waals surface area contributed by atoms with Crippen LogP contribution >= 0.6 is 15.9 Å². The molecule has 2 aromatic rings. The van der Waals surface area contributed by atoms with Gasteiger partial charge in [0.15, 0.2) is 0 Å². The predicted molar refractivity (Wildman–Crippen MR) is 77.0 cm³/mol. The third kappa shape index (κ3) is 3.54. The Morgan fingerprint density at radius 2 is 2.05 bits per heavy atom. The molecule has 0 atom stereocenters. The minimum atomic E-state index is -0.407. The number of carbonyl (C=O) groups is 1. The highest BCUT2D eigenvalue weighted by Gasteiger charge is 2.14. The number of carbonyl (C=O) groups excluding carboxylic acids is 1. The first kappa shape index (κ1) is 13.5. The topological polar surface area (TPSA) is 42.4 Å². The minimum Gasteiger partial charge on any atom is -0.444 e. The Labute approximate surface area is 120 Å². The standard InChI is InChI=1S/C14H13BrN2O2/c1-17(13-7-8-16-9-12(13)15)14(18)19-10-11-5-3-2-4-6-11/h2-9H,10H2,1H3. The monoisotopic (exact) mass is 320 g/mol. The summed E-state index contributed by atoms with van der Waals surface area (Å²) in [5.74, 6) is 0. The second-order valence-corrected chi connectivity index (χ2v) is 4.78. The van der Waals surface area contributed by atoms with E-state index in [1.165, 1.54) is 4.90 Å². The van der Waals surface area contributed by atoms with Crippen LogP contribution in [0.25, 0.3) is 0 Å². The van der Waals surface area contributed by atoms with E-state index in [9.17, 15) is 4.79 Å². The molecule has 0 unspecified atom stereocenters. The fourth-order valence-electron chi connectivity index (χ4n) is 1.55. The van der Waals surface area contributed by atoms with E-state index in [0.29, 0.717) is 5.69 Å². The van der Waals surface area contributed by atoms with Gasteiger partial charge < -0.3 is 4.74 Å². The molecule has 4 nitrogen and oxygen atoms in total. The minimum absolute atomic E-state index is 0.257. The number of aromatic nitrogens is 1. The van der Waals surface area contributed by atoms with Crippen LogP contribution in [0.3, 0.4) is 0 Å². The second-order valence-electron chi connectivity index (χ2n) is 3.93. The van der Waals surface area contributed by atoms with Gasteiger partial charge in [-0.25, -0.2) is 4.79 Å². The molecule has 0 aliphatic rings. The lowest BCUT2D eigenvalue weighted by atomic mass is 10.2. The smallest absolute Gasteiger partial charge is 0.414 e. The molecule has 0 radical (unpaired) electrons. The first-order valence-corrected chi connectivity index (χ1v) is 6.51. The van der Waals surface area contributed by atoms with Crippen molar-refractivity contribution in [3.63, 3.8) is 0 Å². The van der Waals surface area contributed by atoms with Crippen molar-refractivity contribution in [2.45, 2.75) is 6.61 Å². The number of ether oxygens (including phenoxy) is 1. The van der Waals surface area contributed by atoms with Crippen LogP contribution in [0.2, 0.25) is 0 Å². The van der Waals surface area contributed by atoms with Gasteiger partial charge in [-0.2, -0.15) is 0 Å². The first-order chi connectivity index (χ1) is 9.18. The van der Waals surface area contributed by atoms with Gasteiger partial charge in [0.25, 0.3) is 0 Å². The molecular formula is C14H13BrN2O2. The van der Waals surface area contributed by atoms with Gasteiger partial charge in [-0.1, -0.05) is 30.3 Å². The summed E-state index contributed by atoms with van der Waals surface area (Å²) in [6.45, 7) is 0.257. The lowest BCUT2D eigenvalue weighted by Crippen LogP contribution is -2.27. The molecule has 0 aliphatic heterocycles. The van der Waals surface area contributed by atoms with Gasteiger partial charge in [0.1, 0.15) is 6.61 Å². The largest absolute Gasteiger partial charge is 0.444 e. The zero-order chi connectivity index (χ0) is 13.7. The second kappa shape index (κ2) is 6.33. The van der Waals surface area contributed by atoms with Crippen molar-refractivity contribution in [2.75, 3.05) is 11.9 Å². The Kier molecular flexibility index (Phi) is 4.52. The molecular weight excluding hydrogens is 308 g/mol. The first-order valence-electron chi connectivity index (χ1n) is 5.72. The lowest BCUT2D eigenvalue weighted by molar-refractivity contribution is 0.148. The summed E-state index contributed by atoms with van der Waals surface area (Å²) in [4.78, 5) is 17.3. The van der Waals surface area contributed by atoms with Gasteiger partial charge in [0.05, 0.1) is 10.2 Å². The van der Waals surface area contributed by atoms with E-state index >= 15 is 0 Å². The normalized spacial score (nSPS) is 10.0. The van der Waals surface area contributed by atoms with Gasteiger partial charge in [-0.3, -0.25) is 9.88 Å². The molecule has 5 heteroatoms. The van der Waals surface area contributed by atoms with Crippen LogP contribution in [-0.2, 0) is 11.3 Å². The van der Waals surface area contributed by atoms with Crippen LogP contribution in [0, 0.1) is 0 Å². The number of hydrogen-bond donors (Lipinski definition) is 0. The van der Waals surface area contributed by atoms with Crippen LogP contribution in [0.4, 0.5) is 10.5 Å². The number of amides is 1. The predicted octanol–water partition coefficient (Wildman–Crippen LogP) is 3.62. The molecule has 19 heavy (non-hydrogen) atoms. The van der Waals surface area contributed by atoms with E-state index in [1.807, 2.05) is 30.3 Å². The van der Waals surface area contributed by atoms with Crippen molar-refractivity contribution in [1.82, 2.24) is 4.98 Å². The van der Waals surface area contributed by atoms with E-state index in [4.69, 9.17) is 4.74 Å². The maximum atomic E-state index is 11.9. The van der Waals surface area contributed by atoms with Gasteiger partial charge >= 0.3 is 6.09 Å². The molecule has 0 bridgehead atoms. The molecule has 0 fully saturated rings. The van der Waals surface area contributed by atoms with Gasteiger partial charge in [0.2, 0.25) is 0 Å². The quantitative estimate of drug-likeness (QED) is 0.867. The average molecular weight is 321 g/mol. The number of pyridine rings is 1. The lowest BCUT2D eigenvalue weighted by Gasteiger charge is -2.18. The Balaban J connectivity index is 1.99. The molecule has 0 aliphatic carbocycles. The molecule has 0 saturated heterocycles. The summed E-state index contributed by atoms with van der Waals surface area (Å²) in [5, 5.41) is 0. The highest BCUT2D eigenvalue weighted by molar-refractivity contribution is 9.10. The summed E-state index contributed by atoms with van der Waals surface area (Å²) in [5.41, 5.74) is 1.67. The van der Waals surface area contributed by atoms with Crippen LogP contribution in [0.5, 0.6) is 0 Å². The highest BCUT2D eigenvalue weighted by Crippen LogP contribution is 2.24. The summed E-state index contributed by atoms with van der Waals surface area (Å²) in [6.07, 6.45) is 2.85. The van der Waals surface area contributed by atoms with Crippen molar-refractivity contribution in [3.8, 4) is 0 Å². The molecule has 1 aromatic heterocycles. The van der Waals surface area contributed by atoms with Gasteiger partial charge in [0, 0.05) is 19.4 Å². The van der Waals surface area contributed by atoms with Crippen LogP contribution < -0.4 is 4.90 Å². The fourth-order valence-corrected chi connectivity index (χ4v) is 2.07. The number of anilines is 1. The fraction of sp³-hybridized carbons (Fsp3) is 0.143. The maximum absolute atomic E-state index is 11.9. The van der Waals surface area contributed by atoms with Crippen LogP contribution in [0.1, 0.15) is 5.56 Å². The third-order valence-electron chi connectivity index (χ3n) is 2.59. The third-order valence-corrected chi connectivity index (χ3v) is 3.20.